The molecule has 0 radical (unpaired) electrons. The van der Waals surface area contributed by atoms with E-state index in [1.807, 2.05) is 0 Å². The van der Waals surface area contributed by atoms with Crippen molar-refractivity contribution < 1.29 is 18.7 Å². The number of aryl methyl sites for hydroxylation is 1. The van der Waals surface area contributed by atoms with Crippen molar-refractivity contribution in [1.82, 2.24) is 20.2 Å². The van der Waals surface area contributed by atoms with Gasteiger partial charge < -0.3 is 5.11 Å². The van der Waals surface area contributed by atoms with Crippen LogP contribution in [0.2, 0.25) is 0 Å². The van der Waals surface area contributed by atoms with E-state index in [1.54, 1.807) is 25.2 Å². The lowest BCUT2D eigenvalue weighted by atomic mass is 9.96. The second-order valence-corrected chi connectivity index (χ2v) is 6.04. The molecule has 0 bridgehead atoms. The maximum Gasteiger partial charge on any atom is 0.335 e. The second-order valence-electron chi connectivity index (χ2n) is 6.04. The van der Waals surface area contributed by atoms with Gasteiger partial charge in [0, 0.05) is 18.1 Å². The highest BCUT2D eigenvalue weighted by atomic mass is 19.3. The summed E-state index contributed by atoms with van der Waals surface area (Å²) in [6.45, 7) is 0.852. The molecule has 2 aromatic carbocycles. The Balaban J connectivity index is 1.98. The molecule has 0 aliphatic carbocycles. The molecule has 0 fully saturated rings. The summed E-state index contributed by atoms with van der Waals surface area (Å²) in [5, 5.41) is 21.1. The van der Waals surface area contributed by atoms with Crippen molar-refractivity contribution in [2.45, 2.75) is 19.3 Å². The fourth-order valence-electron chi connectivity index (χ4n) is 2.60. The third-order valence-electron chi connectivity index (χ3n) is 3.96. The Labute approximate surface area is 148 Å². The number of aromatic carboxylic acids is 1. The summed E-state index contributed by atoms with van der Waals surface area (Å²) < 4.78 is 26.7. The molecule has 0 unspecified atom stereocenters. The number of benzene rings is 2. The third-order valence-corrected chi connectivity index (χ3v) is 3.96. The molecule has 3 aromatic rings. The Morgan fingerprint density at radius 1 is 1.19 bits per heavy atom. The fraction of sp³-hybridized carbons (Fsp3) is 0.222. The Morgan fingerprint density at radius 3 is 2.42 bits per heavy atom. The Bertz CT molecular complexity index is 947. The highest BCUT2D eigenvalue weighted by Crippen LogP contribution is 2.28. The van der Waals surface area contributed by atoms with Gasteiger partial charge in [-0.05, 0) is 34.9 Å². The van der Waals surface area contributed by atoms with Crippen molar-refractivity contribution >= 4 is 5.97 Å². The van der Waals surface area contributed by atoms with E-state index < -0.39 is 11.9 Å². The first-order chi connectivity index (χ1) is 12.2. The molecule has 1 N–H and O–H groups in total. The molecule has 0 saturated carbocycles. The van der Waals surface area contributed by atoms with Crippen LogP contribution in [0.1, 0.15) is 34.0 Å². The molecule has 0 aliphatic heterocycles. The molecule has 1 heterocycles. The molecule has 6 nitrogen and oxygen atoms in total. The van der Waals surface area contributed by atoms with Crippen LogP contribution in [-0.4, -0.2) is 31.3 Å². The lowest BCUT2D eigenvalue weighted by Gasteiger charge is -2.12. The smallest absolute Gasteiger partial charge is 0.335 e. The summed E-state index contributed by atoms with van der Waals surface area (Å²) in [6, 6.07) is 10.7. The van der Waals surface area contributed by atoms with Crippen LogP contribution >= 0.6 is 0 Å². The van der Waals surface area contributed by atoms with Gasteiger partial charge in [0.05, 0.1) is 12.6 Å². The van der Waals surface area contributed by atoms with Crippen molar-refractivity contribution in [3.8, 4) is 11.4 Å². The molecule has 0 atom stereocenters. The van der Waals surface area contributed by atoms with Crippen LogP contribution < -0.4 is 0 Å². The van der Waals surface area contributed by atoms with Crippen molar-refractivity contribution in [3.05, 3.63) is 64.7 Å². The van der Waals surface area contributed by atoms with Gasteiger partial charge in [0.2, 0.25) is 5.82 Å². The van der Waals surface area contributed by atoms with Crippen LogP contribution in [0.3, 0.4) is 0 Å². The normalized spacial score (nSPS) is 11.5. The zero-order chi connectivity index (χ0) is 18.9. The Kier molecular flexibility index (Phi) is 4.50. The Hall–Kier alpha value is -3.16. The molecule has 0 saturated heterocycles. The molecule has 0 amide bonds. The molecular formula is C18H16F2N4O2. The highest BCUT2D eigenvalue weighted by Gasteiger charge is 2.23. The highest BCUT2D eigenvalue weighted by molar-refractivity contribution is 5.89. The first-order valence-electron chi connectivity index (χ1n) is 7.82. The average Bonchev–Trinajstić information content (AvgIpc) is 3.01. The number of hydrogen-bond donors (Lipinski definition) is 1. The van der Waals surface area contributed by atoms with Gasteiger partial charge in [-0.15, -0.1) is 10.2 Å². The van der Waals surface area contributed by atoms with E-state index >= 15 is 0 Å². The van der Waals surface area contributed by atoms with Crippen LogP contribution in [0.15, 0.2) is 42.5 Å². The van der Waals surface area contributed by atoms with E-state index in [-0.39, 0.29) is 11.1 Å². The fourth-order valence-corrected chi connectivity index (χ4v) is 2.60. The monoisotopic (exact) mass is 358 g/mol. The van der Waals surface area contributed by atoms with Crippen molar-refractivity contribution in [2.24, 2.45) is 7.05 Å². The van der Waals surface area contributed by atoms with Crippen molar-refractivity contribution in [2.75, 3.05) is 0 Å². The minimum atomic E-state index is -2.89. The molecule has 1 aromatic heterocycles. The van der Waals surface area contributed by atoms with Crippen molar-refractivity contribution in [3.63, 3.8) is 0 Å². The quantitative estimate of drug-likeness (QED) is 0.757. The first kappa shape index (κ1) is 17.7. The van der Waals surface area contributed by atoms with Gasteiger partial charge >= 0.3 is 5.97 Å². The van der Waals surface area contributed by atoms with E-state index in [9.17, 15) is 18.7 Å². The van der Waals surface area contributed by atoms with E-state index in [0.29, 0.717) is 17.8 Å². The van der Waals surface area contributed by atoms with E-state index in [0.717, 1.165) is 18.1 Å². The lowest BCUT2D eigenvalue weighted by molar-refractivity contribution is 0.0174. The summed E-state index contributed by atoms with van der Waals surface area (Å²) in [7, 11) is 1.61. The second kappa shape index (κ2) is 6.62. The number of carboxylic acids is 1. The van der Waals surface area contributed by atoms with E-state index in [4.69, 9.17) is 0 Å². The van der Waals surface area contributed by atoms with Gasteiger partial charge in [-0.2, -0.15) is 4.80 Å². The van der Waals surface area contributed by atoms with Crippen LogP contribution in [0, 0.1) is 0 Å². The first-order valence-corrected chi connectivity index (χ1v) is 7.82. The predicted molar refractivity (Wildman–Crippen MR) is 90.0 cm³/mol. The van der Waals surface area contributed by atoms with Crippen LogP contribution in [0.5, 0.6) is 0 Å². The molecule has 134 valence electrons. The average molecular weight is 358 g/mol. The largest absolute Gasteiger partial charge is 0.478 e. The number of aromatic nitrogens is 4. The minimum absolute atomic E-state index is 0.0571. The van der Waals surface area contributed by atoms with Gasteiger partial charge in [0.15, 0.2) is 0 Å². The Morgan fingerprint density at radius 2 is 1.88 bits per heavy atom. The van der Waals surface area contributed by atoms with Crippen LogP contribution in [-0.2, 0) is 19.4 Å². The van der Waals surface area contributed by atoms with Gasteiger partial charge in [0.25, 0.3) is 5.92 Å². The zero-order valence-corrected chi connectivity index (χ0v) is 14.1. The molecule has 0 spiro atoms. The summed E-state index contributed by atoms with van der Waals surface area (Å²) in [5.41, 5.74) is 2.18. The zero-order valence-electron chi connectivity index (χ0n) is 14.1. The third kappa shape index (κ3) is 3.74. The lowest BCUT2D eigenvalue weighted by Crippen LogP contribution is -2.06. The molecular weight excluding hydrogens is 342 g/mol. The van der Waals surface area contributed by atoms with Gasteiger partial charge in [-0.25, -0.2) is 13.6 Å². The summed E-state index contributed by atoms with van der Waals surface area (Å²) in [5.74, 6) is -3.64. The predicted octanol–water partition coefficient (Wildman–Crippen LogP) is 3.28. The maximum atomic E-state index is 13.3. The number of carboxylic acid groups (broad SMARTS) is 1. The molecule has 0 aliphatic rings. The van der Waals surface area contributed by atoms with Gasteiger partial charge in [-0.3, -0.25) is 0 Å². The number of carbonyl (C=O) groups is 1. The van der Waals surface area contributed by atoms with Crippen LogP contribution in [0.4, 0.5) is 8.78 Å². The summed E-state index contributed by atoms with van der Waals surface area (Å²) >= 11 is 0. The number of alkyl halides is 2. The number of hydrogen-bond acceptors (Lipinski definition) is 4. The number of tetrazole rings is 1. The topological polar surface area (TPSA) is 80.9 Å². The number of rotatable bonds is 5. The standard InChI is InChI=1S/C18H16F2N4O2/c1-18(19,20)14-7-3-11(4-8-14)9-12-5-6-13(17(25)26)10-15(12)16-21-23-24(2)22-16/h3-8,10H,9H2,1-2H3,(H,25,26). The van der Waals surface area contributed by atoms with E-state index in [2.05, 4.69) is 15.4 Å². The number of nitrogens with zero attached hydrogens (tertiary/aromatic N) is 4. The SMILES string of the molecule is Cn1nnc(-c2cc(C(=O)O)ccc2Cc2ccc(C(C)(F)F)cc2)n1. The van der Waals surface area contributed by atoms with Crippen molar-refractivity contribution in [1.29, 1.82) is 0 Å². The summed E-state index contributed by atoms with van der Waals surface area (Å²) in [6.07, 6.45) is 0.420. The molecule has 3 rings (SSSR count). The maximum absolute atomic E-state index is 13.3. The van der Waals surface area contributed by atoms with E-state index in [1.165, 1.54) is 29.1 Å². The number of halogens is 2. The van der Waals surface area contributed by atoms with Gasteiger partial charge in [0.1, 0.15) is 0 Å². The minimum Gasteiger partial charge on any atom is -0.478 e. The molecule has 26 heavy (non-hydrogen) atoms. The summed E-state index contributed by atoms with van der Waals surface area (Å²) in [4.78, 5) is 12.5. The van der Waals surface area contributed by atoms with Gasteiger partial charge in [-0.1, -0.05) is 30.3 Å². The van der Waals surface area contributed by atoms with Crippen LogP contribution in [0.25, 0.3) is 11.4 Å². The molecule has 8 heteroatoms.